The van der Waals surface area contributed by atoms with Crippen LogP contribution in [0.3, 0.4) is 0 Å². The number of hydrogen-bond donors (Lipinski definition) is 0. The van der Waals surface area contributed by atoms with E-state index in [1.807, 2.05) is 30.3 Å². The zero-order valence-corrected chi connectivity index (χ0v) is 13.4. The first-order chi connectivity index (χ1) is 10.6. The molecule has 1 atom stereocenters. The number of carbonyl (C=O) groups is 2. The average Bonchev–Trinajstić information content (AvgIpc) is 2.53. The first kappa shape index (κ1) is 18.2. The lowest BCUT2D eigenvalue weighted by Gasteiger charge is -2.19. The van der Waals surface area contributed by atoms with Crippen molar-refractivity contribution in [2.24, 2.45) is 5.92 Å². The van der Waals surface area contributed by atoms with Crippen molar-refractivity contribution in [2.45, 2.75) is 32.8 Å². The third kappa shape index (κ3) is 5.48. The number of esters is 2. The summed E-state index contributed by atoms with van der Waals surface area (Å²) >= 11 is 0. The third-order valence-electron chi connectivity index (χ3n) is 3.32. The summed E-state index contributed by atoms with van der Waals surface area (Å²) in [5, 5.41) is 0. The van der Waals surface area contributed by atoms with E-state index in [4.69, 9.17) is 14.2 Å². The van der Waals surface area contributed by atoms with Gasteiger partial charge in [-0.2, -0.15) is 0 Å². The zero-order chi connectivity index (χ0) is 16.4. The predicted molar refractivity (Wildman–Crippen MR) is 82.2 cm³/mol. The largest absolute Gasteiger partial charge is 0.465 e. The quantitative estimate of drug-likeness (QED) is 0.518. The van der Waals surface area contributed by atoms with Gasteiger partial charge in [-0.05, 0) is 32.3 Å². The van der Waals surface area contributed by atoms with Crippen LogP contribution in [-0.4, -0.2) is 32.3 Å². The van der Waals surface area contributed by atoms with Gasteiger partial charge in [-0.25, -0.2) is 0 Å². The Morgan fingerprint density at radius 1 is 0.955 bits per heavy atom. The zero-order valence-electron chi connectivity index (χ0n) is 13.4. The van der Waals surface area contributed by atoms with Gasteiger partial charge in [-0.1, -0.05) is 30.3 Å². The summed E-state index contributed by atoms with van der Waals surface area (Å²) in [7, 11) is 1.61. The predicted octanol–water partition coefficient (Wildman–Crippen LogP) is 2.90. The molecule has 0 bridgehead atoms. The number of methoxy groups -OCH3 is 1. The van der Waals surface area contributed by atoms with E-state index < -0.39 is 17.9 Å². The number of carbonyl (C=O) groups excluding carboxylic acids is 2. The van der Waals surface area contributed by atoms with Gasteiger partial charge < -0.3 is 14.2 Å². The first-order valence-corrected chi connectivity index (χ1v) is 7.55. The maximum atomic E-state index is 11.9. The molecule has 0 spiro atoms. The molecule has 0 aliphatic rings. The van der Waals surface area contributed by atoms with Gasteiger partial charge in [0.2, 0.25) is 0 Å². The van der Waals surface area contributed by atoms with Crippen molar-refractivity contribution in [3.8, 4) is 0 Å². The van der Waals surface area contributed by atoms with Crippen molar-refractivity contribution < 1.29 is 23.8 Å². The lowest BCUT2D eigenvalue weighted by Crippen LogP contribution is -2.28. The molecule has 1 rings (SSSR count). The van der Waals surface area contributed by atoms with Crippen molar-refractivity contribution in [1.82, 2.24) is 0 Å². The highest BCUT2D eigenvalue weighted by molar-refractivity contribution is 5.94. The highest BCUT2D eigenvalue weighted by Gasteiger charge is 2.30. The summed E-state index contributed by atoms with van der Waals surface area (Å²) in [6, 6.07) is 9.69. The fraction of sp³-hybridized carbons (Fsp3) is 0.529. The van der Waals surface area contributed by atoms with Gasteiger partial charge in [0.1, 0.15) is 0 Å². The molecule has 0 heterocycles. The minimum atomic E-state index is -0.902. The van der Waals surface area contributed by atoms with Gasteiger partial charge in [-0.3, -0.25) is 9.59 Å². The number of rotatable bonds is 9. The molecule has 1 aromatic carbocycles. The Bertz CT molecular complexity index is 439. The second-order valence-electron chi connectivity index (χ2n) is 4.77. The summed E-state index contributed by atoms with van der Waals surface area (Å²) in [6.07, 6.45) is 0.681. The second-order valence-corrected chi connectivity index (χ2v) is 4.77. The molecule has 0 fully saturated rings. The number of hydrogen-bond acceptors (Lipinski definition) is 5. The summed E-state index contributed by atoms with van der Waals surface area (Å²) < 4.78 is 15.4. The van der Waals surface area contributed by atoms with Crippen LogP contribution in [0, 0.1) is 5.92 Å². The van der Waals surface area contributed by atoms with Crippen molar-refractivity contribution in [3.63, 3.8) is 0 Å². The number of ether oxygens (including phenoxy) is 3. The highest BCUT2D eigenvalue weighted by Crippen LogP contribution is 2.25. The van der Waals surface area contributed by atoms with Crippen LogP contribution in [0.15, 0.2) is 30.3 Å². The van der Waals surface area contributed by atoms with Crippen molar-refractivity contribution in [1.29, 1.82) is 0 Å². The molecule has 22 heavy (non-hydrogen) atoms. The Morgan fingerprint density at radius 3 is 1.95 bits per heavy atom. The second kappa shape index (κ2) is 9.95. The van der Waals surface area contributed by atoms with Crippen LogP contribution in [0.5, 0.6) is 0 Å². The van der Waals surface area contributed by atoms with E-state index in [1.54, 1.807) is 21.0 Å². The van der Waals surface area contributed by atoms with E-state index in [9.17, 15) is 9.59 Å². The van der Waals surface area contributed by atoms with E-state index in [2.05, 4.69) is 0 Å². The van der Waals surface area contributed by atoms with Crippen molar-refractivity contribution in [3.05, 3.63) is 35.9 Å². The molecule has 0 aliphatic carbocycles. The molecular formula is C17H24O5. The Kier molecular flexibility index (Phi) is 8.22. The van der Waals surface area contributed by atoms with Gasteiger partial charge in [0.25, 0.3) is 0 Å². The van der Waals surface area contributed by atoms with Crippen molar-refractivity contribution >= 4 is 11.9 Å². The summed E-state index contributed by atoms with van der Waals surface area (Å²) in [5.74, 6) is -1.98. The molecule has 0 saturated carbocycles. The standard InChI is InChI=1S/C17H24O5/c1-4-21-16(18)14(17(19)22-5-2)11-12-15(20-3)13-9-7-6-8-10-13/h6-10,14-15H,4-5,11-12H2,1-3H3. The van der Waals surface area contributed by atoms with E-state index in [1.165, 1.54) is 0 Å². The van der Waals surface area contributed by atoms with Crippen LogP contribution in [0.25, 0.3) is 0 Å². The molecule has 5 nitrogen and oxygen atoms in total. The highest BCUT2D eigenvalue weighted by atomic mass is 16.6. The molecule has 5 heteroatoms. The molecule has 0 aliphatic heterocycles. The Morgan fingerprint density at radius 2 is 1.50 bits per heavy atom. The summed E-state index contributed by atoms with van der Waals surface area (Å²) in [5.41, 5.74) is 1.01. The van der Waals surface area contributed by atoms with E-state index >= 15 is 0 Å². The number of benzene rings is 1. The molecule has 0 saturated heterocycles. The summed E-state index contributed by atoms with van der Waals surface area (Å²) in [6.45, 7) is 3.90. The van der Waals surface area contributed by atoms with Crippen LogP contribution < -0.4 is 0 Å². The Hall–Kier alpha value is -1.88. The van der Waals surface area contributed by atoms with Crippen LogP contribution in [0.2, 0.25) is 0 Å². The molecule has 1 unspecified atom stereocenters. The van der Waals surface area contributed by atoms with Crippen LogP contribution >= 0.6 is 0 Å². The minimum absolute atomic E-state index is 0.174. The molecule has 0 N–H and O–H groups in total. The lowest BCUT2D eigenvalue weighted by molar-refractivity contribution is -0.162. The molecule has 0 aromatic heterocycles. The van der Waals surface area contributed by atoms with Gasteiger partial charge in [0, 0.05) is 7.11 Å². The van der Waals surface area contributed by atoms with Crippen molar-refractivity contribution in [2.75, 3.05) is 20.3 Å². The maximum Gasteiger partial charge on any atom is 0.320 e. The molecule has 1 aromatic rings. The average molecular weight is 308 g/mol. The minimum Gasteiger partial charge on any atom is -0.465 e. The van der Waals surface area contributed by atoms with Crippen LogP contribution in [-0.2, 0) is 23.8 Å². The SMILES string of the molecule is CCOC(=O)C(CCC(OC)c1ccccc1)C(=O)OCC. The normalized spacial score (nSPS) is 12.0. The van der Waals surface area contributed by atoms with Crippen LogP contribution in [0.4, 0.5) is 0 Å². The van der Waals surface area contributed by atoms with Gasteiger partial charge in [-0.15, -0.1) is 0 Å². The van der Waals surface area contributed by atoms with Crippen LogP contribution in [0.1, 0.15) is 38.4 Å². The first-order valence-electron chi connectivity index (χ1n) is 7.55. The molecule has 0 amide bonds. The van der Waals surface area contributed by atoms with Gasteiger partial charge in [0.15, 0.2) is 5.92 Å². The Balaban J connectivity index is 2.72. The fourth-order valence-corrected chi connectivity index (χ4v) is 2.22. The lowest BCUT2D eigenvalue weighted by atomic mass is 9.97. The molecule has 0 radical (unpaired) electrons. The smallest absolute Gasteiger partial charge is 0.320 e. The fourth-order valence-electron chi connectivity index (χ4n) is 2.22. The summed E-state index contributed by atoms with van der Waals surface area (Å²) in [4.78, 5) is 23.9. The topological polar surface area (TPSA) is 61.8 Å². The monoisotopic (exact) mass is 308 g/mol. The molecule has 122 valence electrons. The maximum absolute atomic E-state index is 11.9. The Labute approximate surface area is 131 Å². The van der Waals surface area contributed by atoms with E-state index in [0.717, 1.165) is 5.56 Å². The van der Waals surface area contributed by atoms with E-state index in [-0.39, 0.29) is 19.3 Å². The van der Waals surface area contributed by atoms with Gasteiger partial charge in [0.05, 0.1) is 19.3 Å². The third-order valence-corrected chi connectivity index (χ3v) is 3.32. The van der Waals surface area contributed by atoms with Gasteiger partial charge >= 0.3 is 11.9 Å². The van der Waals surface area contributed by atoms with E-state index in [0.29, 0.717) is 12.8 Å². The molecular weight excluding hydrogens is 284 g/mol.